The lowest BCUT2D eigenvalue weighted by atomic mass is 10.2. The number of aromatic amines is 1. The van der Waals surface area contributed by atoms with Crippen molar-refractivity contribution in [3.05, 3.63) is 64.4 Å². The standard InChI is InChI=1S/C18H15Cl2N7O2S/c19-13-8-22-18(23-11-5-6-12-15(7-11)26-27-16(12)20)25-17(13)24-14-4-2-1-3-10(14)9-30(21,28)29/h1-8H,9H2,(H,26,27)(H2,21,28,29)(H2,22,23,24,25). The molecule has 154 valence electrons. The van der Waals surface area contributed by atoms with Gasteiger partial charge in [0, 0.05) is 16.8 Å². The van der Waals surface area contributed by atoms with Crippen molar-refractivity contribution in [1.29, 1.82) is 0 Å². The lowest BCUT2D eigenvalue weighted by molar-refractivity contribution is 0.597. The summed E-state index contributed by atoms with van der Waals surface area (Å²) in [4.78, 5) is 8.56. The molecule has 0 saturated carbocycles. The van der Waals surface area contributed by atoms with Gasteiger partial charge in [-0.3, -0.25) is 5.10 Å². The number of anilines is 4. The number of nitrogens with two attached hydrogens (primary N) is 1. The monoisotopic (exact) mass is 463 g/mol. The van der Waals surface area contributed by atoms with Gasteiger partial charge in [-0.2, -0.15) is 10.1 Å². The molecule has 9 nitrogen and oxygen atoms in total. The number of benzene rings is 2. The minimum absolute atomic E-state index is 0.264. The van der Waals surface area contributed by atoms with Gasteiger partial charge in [-0.1, -0.05) is 41.4 Å². The lowest BCUT2D eigenvalue weighted by Crippen LogP contribution is -2.15. The fourth-order valence-electron chi connectivity index (χ4n) is 2.81. The van der Waals surface area contributed by atoms with E-state index >= 15 is 0 Å². The van der Waals surface area contributed by atoms with Crippen LogP contribution in [0.2, 0.25) is 10.2 Å². The zero-order valence-corrected chi connectivity index (χ0v) is 17.6. The topological polar surface area (TPSA) is 139 Å². The predicted molar refractivity (Wildman–Crippen MR) is 118 cm³/mol. The number of H-pyrrole nitrogens is 1. The molecule has 0 amide bonds. The molecule has 2 aromatic carbocycles. The van der Waals surface area contributed by atoms with Crippen molar-refractivity contribution in [2.24, 2.45) is 5.14 Å². The summed E-state index contributed by atoms with van der Waals surface area (Å²) < 4.78 is 23.0. The maximum atomic E-state index is 11.5. The van der Waals surface area contributed by atoms with E-state index in [1.54, 1.807) is 30.3 Å². The highest BCUT2D eigenvalue weighted by Crippen LogP contribution is 2.28. The summed E-state index contributed by atoms with van der Waals surface area (Å²) >= 11 is 12.3. The van der Waals surface area contributed by atoms with Gasteiger partial charge in [0.1, 0.15) is 10.2 Å². The Morgan fingerprint density at radius 2 is 1.90 bits per heavy atom. The Kier molecular flexibility index (Phi) is 5.48. The van der Waals surface area contributed by atoms with E-state index in [0.717, 1.165) is 5.39 Å². The van der Waals surface area contributed by atoms with E-state index in [1.165, 1.54) is 6.20 Å². The highest BCUT2D eigenvalue weighted by atomic mass is 35.5. The molecule has 30 heavy (non-hydrogen) atoms. The molecule has 0 atom stereocenters. The number of fused-ring (bicyclic) bond motifs is 1. The Bertz CT molecular complexity index is 1340. The van der Waals surface area contributed by atoms with Crippen LogP contribution in [0.15, 0.2) is 48.7 Å². The third-order valence-electron chi connectivity index (χ3n) is 4.14. The molecule has 2 aromatic heterocycles. The predicted octanol–water partition coefficient (Wildman–Crippen LogP) is 3.94. The second-order valence-corrected chi connectivity index (χ2v) is 8.77. The van der Waals surface area contributed by atoms with Crippen LogP contribution in [0.25, 0.3) is 10.9 Å². The van der Waals surface area contributed by atoms with Crippen LogP contribution in [0.1, 0.15) is 5.56 Å². The number of aromatic nitrogens is 4. The van der Waals surface area contributed by atoms with Crippen molar-refractivity contribution in [3.8, 4) is 0 Å². The quantitative estimate of drug-likeness (QED) is 0.339. The first-order valence-corrected chi connectivity index (χ1v) is 11.0. The van der Waals surface area contributed by atoms with Gasteiger partial charge < -0.3 is 10.6 Å². The summed E-state index contributed by atoms with van der Waals surface area (Å²) in [5.41, 5.74) is 2.40. The van der Waals surface area contributed by atoms with Gasteiger partial charge in [0.2, 0.25) is 16.0 Å². The minimum atomic E-state index is -3.70. The summed E-state index contributed by atoms with van der Waals surface area (Å²) in [5, 5.41) is 19.7. The van der Waals surface area contributed by atoms with Crippen molar-refractivity contribution in [2.45, 2.75) is 5.75 Å². The zero-order chi connectivity index (χ0) is 21.3. The molecule has 0 bridgehead atoms. The van der Waals surface area contributed by atoms with E-state index in [0.29, 0.717) is 33.4 Å². The van der Waals surface area contributed by atoms with Crippen LogP contribution in [-0.4, -0.2) is 28.6 Å². The van der Waals surface area contributed by atoms with Crippen LogP contribution >= 0.6 is 23.2 Å². The van der Waals surface area contributed by atoms with E-state index in [2.05, 4.69) is 30.8 Å². The number of para-hydroxylation sites is 1. The van der Waals surface area contributed by atoms with Crippen LogP contribution < -0.4 is 15.8 Å². The van der Waals surface area contributed by atoms with Gasteiger partial charge in [-0.05, 0) is 29.8 Å². The molecule has 0 fully saturated rings. The number of halogens is 2. The Hall–Kier alpha value is -2.92. The third kappa shape index (κ3) is 4.62. The molecular formula is C18H15Cl2N7O2S. The molecular weight excluding hydrogens is 449 g/mol. The largest absolute Gasteiger partial charge is 0.339 e. The highest BCUT2D eigenvalue weighted by Gasteiger charge is 2.13. The van der Waals surface area contributed by atoms with Crippen molar-refractivity contribution in [1.82, 2.24) is 20.2 Å². The third-order valence-corrected chi connectivity index (χ3v) is 5.41. The molecule has 4 aromatic rings. The van der Waals surface area contributed by atoms with E-state index in [9.17, 15) is 8.42 Å². The number of nitrogens with one attached hydrogen (secondary N) is 3. The van der Waals surface area contributed by atoms with Crippen LogP contribution in [-0.2, 0) is 15.8 Å². The van der Waals surface area contributed by atoms with Crippen molar-refractivity contribution >= 4 is 67.3 Å². The first kappa shape index (κ1) is 20.4. The summed E-state index contributed by atoms with van der Waals surface area (Å²) in [6.45, 7) is 0. The number of hydrogen-bond donors (Lipinski definition) is 4. The number of primary sulfonamides is 1. The van der Waals surface area contributed by atoms with Crippen molar-refractivity contribution in [2.75, 3.05) is 10.6 Å². The minimum Gasteiger partial charge on any atom is -0.339 e. The molecule has 0 aliphatic rings. The van der Waals surface area contributed by atoms with Gasteiger partial charge in [0.25, 0.3) is 0 Å². The Labute approximate surface area is 181 Å². The van der Waals surface area contributed by atoms with E-state index < -0.39 is 10.0 Å². The van der Waals surface area contributed by atoms with E-state index in [4.69, 9.17) is 28.3 Å². The van der Waals surface area contributed by atoms with Crippen molar-refractivity contribution < 1.29 is 8.42 Å². The Balaban J connectivity index is 1.61. The fourth-order valence-corrected chi connectivity index (χ4v) is 3.84. The molecule has 0 aliphatic heterocycles. The van der Waals surface area contributed by atoms with Gasteiger partial charge in [0.15, 0.2) is 5.82 Å². The summed E-state index contributed by atoms with van der Waals surface area (Å²) in [7, 11) is -3.70. The number of nitrogens with zero attached hydrogens (tertiary/aromatic N) is 3. The number of sulfonamides is 1. The van der Waals surface area contributed by atoms with Crippen LogP contribution in [0.5, 0.6) is 0 Å². The SMILES string of the molecule is NS(=O)(=O)Cc1ccccc1Nc1nc(Nc2ccc3c(Cl)[nH]nc3c2)ncc1Cl. The lowest BCUT2D eigenvalue weighted by Gasteiger charge is -2.13. The first-order chi connectivity index (χ1) is 14.3. The molecule has 0 radical (unpaired) electrons. The molecule has 0 saturated heterocycles. The highest BCUT2D eigenvalue weighted by molar-refractivity contribution is 7.88. The second kappa shape index (κ2) is 8.07. The summed E-state index contributed by atoms with van der Waals surface area (Å²) in [6.07, 6.45) is 1.44. The van der Waals surface area contributed by atoms with Crippen LogP contribution in [0, 0.1) is 0 Å². The fraction of sp³-hybridized carbons (Fsp3) is 0.0556. The van der Waals surface area contributed by atoms with Gasteiger partial charge >= 0.3 is 0 Å². The van der Waals surface area contributed by atoms with Crippen LogP contribution in [0.4, 0.5) is 23.1 Å². The maximum Gasteiger partial charge on any atom is 0.229 e. The zero-order valence-electron chi connectivity index (χ0n) is 15.2. The molecule has 4 rings (SSSR count). The normalized spacial score (nSPS) is 11.6. The first-order valence-electron chi connectivity index (χ1n) is 8.57. The summed E-state index contributed by atoms with van der Waals surface area (Å²) in [6, 6.07) is 12.3. The van der Waals surface area contributed by atoms with Gasteiger partial charge in [0.05, 0.1) is 17.5 Å². The molecule has 2 heterocycles. The number of rotatable bonds is 6. The molecule has 0 spiro atoms. The molecule has 0 unspecified atom stereocenters. The molecule has 5 N–H and O–H groups in total. The van der Waals surface area contributed by atoms with Gasteiger partial charge in [-0.15, -0.1) is 0 Å². The average Bonchev–Trinajstić information content (AvgIpc) is 3.05. The van der Waals surface area contributed by atoms with E-state index in [-0.39, 0.29) is 16.7 Å². The smallest absolute Gasteiger partial charge is 0.229 e. The Morgan fingerprint density at radius 3 is 2.70 bits per heavy atom. The van der Waals surface area contributed by atoms with Gasteiger partial charge in [-0.25, -0.2) is 18.5 Å². The second-order valence-electron chi connectivity index (χ2n) is 6.37. The van der Waals surface area contributed by atoms with Crippen molar-refractivity contribution in [3.63, 3.8) is 0 Å². The molecule has 0 aliphatic carbocycles. The summed E-state index contributed by atoms with van der Waals surface area (Å²) in [5.74, 6) is 0.266. The van der Waals surface area contributed by atoms with E-state index in [1.807, 2.05) is 12.1 Å². The molecule has 12 heteroatoms. The maximum absolute atomic E-state index is 11.5. The average molecular weight is 464 g/mol. The number of hydrogen-bond acceptors (Lipinski definition) is 7. The van der Waals surface area contributed by atoms with Crippen LogP contribution in [0.3, 0.4) is 0 Å². The Morgan fingerprint density at radius 1 is 1.10 bits per heavy atom.